The number of hydrogen-bond donors (Lipinski definition) is 2. The molecule has 3 aromatic carbocycles. The standard InChI is InChI=1S/C27H26N2O4/c1-20-17-29(26(32)28-25(20)31)18-24(30)19-33-27(21-11-5-2-6-12-21,22-13-7-3-8-14-22)23-15-9-4-10-16-23/h2-17,24,30H,18-19H2,1H3,(H,28,31,32)/t24-/m1/s1. The number of hydrogen-bond acceptors (Lipinski definition) is 4. The molecule has 0 aliphatic rings. The van der Waals surface area contributed by atoms with Gasteiger partial charge in [0.1, 0.15) is 5.60 Å². The Morgan fingerprint density at radius 1 is 0.848 bits per heavy atom. The fraction of sp³-hybridized carbons (Fsp3) is 0.185. The lowest BCUT2D eigenvalue weighted by Crippen LogP contribution is -2.39. The third kappa shape index (κ3) is 4.72. The summed E-state index contributed by atoms with van der Waals surface area (Å²) in [6, 6.07) is 29.6. The zero-order valence-corrected chi connectivity index (χ0v) is 18.3. The summed E-state index contributed by atoms with van der Waals surface area (Å²) >= 11 is 0. The molecule has 0 amide bonds. The lowest BCUT2D eigenvalue weighted by atomic mass is 9.80. The van der Waals surface area contributed by atoms with Crippen LogP contribution in [-0.2, 0) is 16.9 Å². The van der Waals surface area contributed by atoms with Crippen molar-refractivity contribution in [2.75, 3.05) is 6.61 Å². The summed E-state index contributed by atoms with van der Waals surface area (Å²) in [5, 5.41) is 10.8. The summed E-state index contributed by atoms with van der Waals surface area (Å²) < 4.78 is 7.87. The summed E-state index contributed by atoms with van der Waals surface area (Å²) in [5.41, 5.74) is 1.21. The van der Waals surface area contributed by atoms with Crippen LogP contribution in [0.25, 0.3) is 0 Å². The number of aromatic nitrogens is 2. The minimum Gasteiger partial charge on any atom is -0.389 e. The van der Waals surface area contributed by atoms with Gasteiger partial charge in [0.25, 0.3) is 5.56 Å². The molecular formula is C27H26N2O4. The first-order valence-corrected chi connectivity index (χ1v) is 10.8. The first-order chi connectivity index (χ1) is 16.0. The molecule has 33 heavy (non-hydrogen) atoms. The van der Waals surface area contributed by atoms with Crippen LogP contribution in [0.3, 0.4) is 0 Å². The van der Waals surface area contributed by atoms with Gasteiger partial charge < -0.3 is 9.84 Å². The van der Waals surface area contributed by atoms with Crippen molar-refractivity contribution in [3.63, 3.8) is 0 Å². The van der Waals surface area contributed by atoms with Crippen molar-refractivity contribution in [2.45, 2.75) is 25.2 Å². The maximum atomic E-state index is 12.1. The predicted molar refractivity (Wildman–Crippen MR) is 127 cm³/mol. The van der Waals surface area contributed by atoms with Crippen molar-refractivity contribution >= 4 is 0 Å². The van der Waals surface area contributed by atoms with Gasteiger partial charge in [-0.1, -0.05) is 91.0 Å². The minimum absolute atomic E-state index is 0.00903. The van der Waals surface area contributed by atoms with E-state index in [4.69, 9.17) is 4.74 Å². The second-order valence-electron chi connectivity index (χ2n) is 7.97. The molecule has 0 aliphatic carbocycles. The summed E-state index contributed by atoms with van der Waals surface area (Å²) in [5.74, 6) is 0. The van der Waals surface area contributed by atoms with Crippen LogP contribution in [0.4, 0.5) is 0 Å². The Kier molecular flexibility index (Phi) is 6.68. The number of benzene rings is 3. The number of nitrogens with one attached hydrogen (secondary N) is 1. The largest absolute Gasteiger partial charge is 0.389 e. The van der Waals surface area contributed by atoms with Gasteiger partial charge in [-0.25, -0.2) is 4.79 Å². The maximum Gasteiger partial charge on any atom is 0.328 e. The Hall–Kier alpha value is -3.74. The van der Waals surface area contributed by atoms with E-state index in [9.17, 15) is 14.7 Å². The number of aryl methyl sites for hydroxylation is 1. The van der Waals surface area contributed by atoms with E-state index in [0.29, 0.717) is 5.56 Å². The Labute approximate surface area is 191 Å². The van der Waals surface area contributed by atoms with Crippen molar-refractivity contribution in [3.05, 3.63) is 140 Å². The average molecular weight is 443 g/mol. The minimum atomic E-state index is -0.983. The topological polar surface area (TPSA) is 84.3 Å². The molecule has 0 spiro atoms. The maximum absolute atomic E-state index is 12.1. The van der Waals surface area contributed by atoms with Crippen LogP contribution in [0.1, 0.15) is 22.3 Å². The van der Waals surface area contributed by atoms with Gasteiger partial charge in [0.2, 0.25) is 0 Å². The molecule has 0 aliphatic heterocycles. The molecule has 168 valence electrons. The van der Waals surface area contributed by atoms with E-state index in [1.165, 1.54) is 10.8 Å². The van der Waals surface area contributed by atoms with Crippen molar-refractivity contribution < 1.29 is 9.84 Å². The zero-order valence-electron chi connectivity index (χ0n) is 18.3. The molecule has 0 saturated carbocycles. The predicted octanol–water partition coefficient (Wildman–Crippen LogP) is 3.21. The van der Waals surface area contributed by atoms with Crippen molar-refractivity contribution in [2.24, 2.45) is 0 Å². The van der Waals surface area contributed by atoms with E-state index in [1.807, 2.05) is 91.0 Å². The monoisotopic (exact) mass is 442 g/mol. The van der Waals surface area contributed by atoms with Crippen LogP contribution in [0.5, 0.6) is 0 Å². The summed E-state index contributed by atoms with van der Waals surface area (Å²) in [6.07, 6.45) is 0.465. The molecule has 2 N–H and O–H groups in total. The smallest absolute Gasteiger partial charge is 0.328 e. The Bertz CT molecular complexity index is 1200. The number of aliphatic hydroxyl groups is 1. The Morgan fingerprint density at radius 2 is 1.30 bits per heavy atom. The molecule has 1 atom stereocenters. The highest BCUT2D eigenvalue weighted by Crippen LogP contribution is 2.40. The van der Waals surface area contributed by atoms with E-state index in [2.05, 4.69) is 4.98 Å². The van der Waals surface area contributed by atoms with Crippen LogP contribution < -0.4 is 11.2 Å². The molecule has 4 rings (SSSR count). The highest BCUT2D eigenvalue weighted by atomic mass is 16.5. The normalized spacial score (nSPS) is 12.4. The molecule has 6 heteroatoms. The third-order valence-electron chi connectivity index (χ3n) is 5.63. The molecule has 1 heterocycles. The molecule has 6 nitrogen and oxygen atoms in total. The van der Waals surface area contributed by atoms with Crippen LogP contribution in [-0.4, -0.2) is 27.4 Å². The first-order valence-electron chi connectivity index (χ1n) is 10.8. The van der Waals surface area contributed by atoms with E-state index >= 15 is 0 Å². The number of ether oxygens (including phenoxy) is 1. The highest BCUT2D eigenvalue weighted by molar-refractivity contribution is 5.47. The second kappa shape index (κ2) is 9.81. The van der Waals surface area contributed by atoms with E-state index < -0.39 is 23.0 Å². The Balaban J connectivity index is 1.72. The van der Waals surface area contributed by atoms with E-state index in [1.54, 1.807) is 6.92 Å². The van der Waals surface area contributed by atoms with Gasteiger partial charge >= 0.3 is 5.69 Å². The van der Waals surface area contributed by atoms with Gasteiger partial charge in [-0.3, -0.25) is 14.3 Å². The SMILES string of the molecule is Cc1cn(C[C@@H](O)COC(c2ccccc2)(c2ccccc2)c2ccccc2)c(=O)[nH]c1=O. The summed E-state index contributed by atoms with van der Waals surface area (Å²) in [4.78, 5) is 26.1. The van der Waals surface area contributed by atoms with Gasteiger partial charge in [-0.2, -0.15) is 0 Å². The fourth-order valence-electron chi connectivity index (χ4n) is 4.02. The number of nitrogens with zero attached hydrogens (tertiary/aromatic N) is 1. The second-order valence-corrected chi connectivity index (χ2v) is 7.97. The quantitative estimate of drug-likeness (QED) is 0.411. The molecule has 1 aromatic heterocycles. The summed E-state index contributed by atoms with van der Waals surface area (Å²) in [7, 11) is 0. The highest BCUT2D eigenvalue weighted by Gasteiger charge is 2.38. The number of aliphatic hydroxyl groups excluding tert-OH is 1. The van der Waals surface area contributed by atoms with Crippen LogP contribution in [0.15, 0.2) is 107 Å². The molecule has 0 saturated heterocycles. The molecule has 0 unspecified atom stereocenters. The fourth-order valence-corrected chi connectivity index (χ4v) is 4.02. The molecular weight excluding hydrogens is 416 g/mol. The van der Waals surface area contributed by atoms with Crippen LogP contribution in [0, 0.1) is 6.92 Å². The zero-order chi connectivity index (χ0) is 23.3. The number of rotatable bonds is 8. The van der Waals surface area contributed by atoms with Gasteiger partial charge in [-0.15, -0.1) is 0 Å². The average Bonchev–Trinajstić information content (AvgIpc) is 2.85. The van der Waals surface area contributed by atoms with Gasteiger partial charge in [0, 0.05) is 11.8 Å². The molecule has 0 bridgehead atoms. The van der Waals surface area contributed by atoms with Crippen LogP contribution in [0.2, 0.25) is 0 Å². The van der Waals surface area contributed by atoms with E-state index in [0.717, 1.165) is 16.7 Å². The van der Waals surface area contributed by atoms with Crippen molar-refractivity contribution in [1.82, 2.24) is 9.55 Å². The van der Waals surface area contributed by atoms with Gasteiger partial charge in [0.05, 0.1) is 19.3 Å². The van der Waals surface area contributed by atoms with Crippen molar-refractivity contribution in [1.29, 1.82) is 0 Å². The molecule has 0 radical (unpaired) electrons. The molecule has 0 fully saturated rings. The number of H-pyrrole nitrogens is 1. The third-order valence-corrected chi connectivity index (χ3v) is 5.63. The lowest BCUT2D eigenvalue weighted by molar-refractivity contribution is -0.0426. The number of aromatic amines is 1. The van der Waals surface area contributed by atoms with Crippen LogP contribution >= 0.6 is 0 Å². The first kappa shape index (κ1) is 22.5. The van der Waals surface area contributed by atoms with Gasteiger partial charge in [0.15, 0.2) is 0 Å². The Morgan fingerprint density at radius 3 is 1.76 bits per heavy atom. The van der Waals surface area contributed by atoms with Gasteiger partial charge in [-0.05, 0) is 23.6 Å². The summed E-state index contributed by atoms with van der Waals surface area (Å²) in [6.45, 7) is 1.57. The van der Waals surface area contributed by atoms with E-state index in [-0.39, 0.29) is 13.2 Å². The van der Waals surface area contributed by atoms with Crippen molar-refractivity contribution in [3.8, 4) is 0 Å². The molecule has 4 aromatic rings. The lowest BCUT2D eigenvalue weighted by Gasteiger charge is -2.36.